The van der Waals surface area contributed by atoms with Gasteiger partial charge in [0.25, 0.3) is 0 Å². The van der Waals surface area contributed by atoms with E-state index in [1.54, 1.807) is 25.3 Å². The number of carboxylic acids is 1. The first-order valence-electron chi connectivity index (χ1n) is 8.59. The van der Waals surface area contributed by atoms with Crippen molar-refractivity contribution in [2.45, 2.75) is 32.1 Å². The second kappa shape index (κ2) is 7.35. The molecule has 1 aromatic carbocycles. The van der Waals surface area contributed by atoms with Crippen LogP contribution in [0.15, 0.2) is 24.4 Å². The predicted octanol–water partition coefficient (Wildman–Crippen LogP) is 1.82. The van der Waals surface area contributed by atoms with Crippen molar-refractivity contribution in [2.75, 3.05) is 20.2 Å². The Morgan fingerprint density at radius 1 is 1.40 bits per heavy atom. The lowest BCUT2D eigenvalue weighted by molar-refractivity contribution is -0.321. The monoisotopic (exact) mass is 345 g/mol. The van der Waals surface area contributed by atoms with Crippen LogP contribution in [0.1, 0.15) is 31.2 Å². The number of benzene rings is 1. The molecule has 6 heteroatoms. The van der Waals surface area contributed by atoms with Crippen molar-refractivity contribution in [3.63, 3.8) is 0 Å². The van der Waals surface area contributed by atoms with Crippen LogP contribution < -0.4 is 15.2 Å². The number of pyridine rings is 1. The second-order valence-electron chi connectivity index (χ2n) is 6.64. The zero-order chi connectivity index (χ0) is 17.9. The highest BCUT2D eigenvalue weighted by Crippen LogP contribution is 2.35. The number of hydrogen-bond donors (Lipinski definition) is 1. The Morgan fingerprint density at radius 3 is 2.84 bits per heavy atom. The lowest BCUT2D eigenvalue weighted by Crippen LogP contribution is -2.48. The molecule has 0 aliphatic carbocycles. The maximum atomic E-state index is 14.3. The summed E-state index contributed by atoms with van der Waals surface area (Å²) in [6, 6.07) is 5.36. The van der Waals surface area contributed by atoms with Gasteiger partial charge >= 0.3 is 0 Å². The first-order valence-corrected chi connectivity index (χ1v) is 8.59. The molecule has 1 fully saturated rings. The molecule has 3 rings (SSSR count). The van der Waals surface area contributed by atoms with Crippen LogP contribution in [-0.2, 0) is 11.2 Å². The summed E-state index contributed by atoms with van der Waals surface area (Å²) in [4.78, 5) is 15.8. The van der Waals surface area contributed by atoms with Crippen LogP contribution in [-0.4, -0.2) is 31.2 Å². The summed E-state index contributed by atoms with van der Waals surface area (Å²) < 4.78 is 19.6. The molecule has 2 heterocycles. The minimum absolute atomic E-state index is 0.367. The van der Waals surface area contributed by atoms with E-state index in [2.05, 4.69) is 10.3 Å². The molecule has 1 aliphatic rings. The highest BCUT2D eigenvalue weighted by Gasteiger charge is 2.33. The standard InChI is InChI=1S/C19H23FN2O3/c1-25-13-4-5-17-15(11-13)14(16(20)12-22-17)3-2-6-19(18(23)24)7-9-21-10-8-19/h4-5,11-12,21H,2-3,6-10H2,1H3,(H,23,24)/p-1. The summed E-state index contributed by atoms with van der Waals surface area (Å²) in [5.74, 6) is -0.713. The zero-order valence-corrected chi connectivity index (χ0v) is 14.3. The Bertz CT molecular complexity index is 773. The van der Waals surface area contributed by atoms with Crippen LogP contribution >= 0.6 is 0 Å². The van der Waals surface area contributed by atoms with E-state index < -0.39 is 11.4 Å². The highest BCUT2D eigenvalue weighted by molar-refractivity contribution is 5.83. The molecular formula is C19H22FN2O3-. The number of nitrogens with zero attached hydrogens (tertiary/aromatic N) is 1. The summed E-state index contributed by atoms with van der Waals surface area (Å²) in [6.07, 6.45) is 3.88. The molecule has 0 atom stereocenters. The molecule has 0 bridgehead atoms. The van der Waals surface area contributed by atoms with Crippen molar-refractivity contribution in [1.82, 2.24) is 10.3 Å². The summed E-state index contributed by atoms with van der Waals surface area (Å²) in [5.41, 5.74) is 0.461. The van der Waals surface area contributed by atoms with Gasteiger partial charge in [-0.05, 0) is 69.0 Å². The van der Waals surface area contributed by atoms with Crippen LogP contribution in [0.2, 0.25) is 0 Å². The summed E-state index contributed by atoms with van der Waals surface area (Å²) in [6.45, 7) is 1.36. The Kier molecular flexibility index (Phi) is 5.18. The quantitative estimate of drug-likeness (QED) is 0.864. The van der Waals surface area contributed by atoms with E-state index in [4.69, 9.17) is 4.74 Å². The number of carbonyl (C=O) groups excluding carboxylic acids is 1. The number of carboxylic acid groups (broad SMARTS) is 1. The molecule has 1 aliphatic heterocycles. The van der Waals surface area contributed by atoms with Crippen molar-refractivity contribution in [3.05, 3.63) is 35.8 Å². The number of fused-ring (bicyclic) bond motifs is 1. The Balaban J connectivity index is 1.80. The molecule has 5 nitrogen and oxygen atoms in total. The maximum Gasteiger partial charge on any atom is 0.145 e. The van der Waals surface area contributed by atoms with E-state index in [0.29, 0.717) is 67.4 Å². The SMILES string of the molecule is COc1ccc2ncc(F)c(CCCC3(C(=O)[O-])CCNCC3)c2c1. The number of rotatable bonds is 6. The van der Waals surface area contributed by atoms with Gasteiger partial charge in [0, 0.05) is 16.8 Å². The molecular weight excluding hydrogens is 323 g/mol. The normalized spacial score (nSPS) is 16.7. The summed E-state index contributed by atoms with van der Waals surface area (Å²) in [7, 11) is 1.56. The third-order valence-electron chi connectivity index (χ3n) is 5.21. The minimum atomic E-state index is -0.990. The van der Waals surface area contributed by atoms with E-state index in [-0.39, 0.29) is 5.82 Å². The van der Waals surface area contributed by atoms with E-state index in [9.17, 15) is 14.3 Å². The fraction of sp³-hybridized carbons (Fsp3) is 0.474. The summed E-state index contributed by atoms with van der Waals surface area (Å²) in [5, 5.41) is 15.5. The van der Waals surface area contributed by atoms with Gasteiger partial charge in [0.15, 0.2) is 0 Å². The van der Waals surface area contributed by atoms with Gasteiger partial charge in [-0.25, -0.2) is 4.39 Å². The molecule has 25 heavy (non-hydrogen) atoms. The molecule has 1 saturated heterocycles. The fourth-order valence-corrected chi connectivity index (χ4v) is 3.65. The molecule has 0 unspecified atom stereocenters. The lowest BCUT2D eigenvalue weighted by atomic mass is 9.75. The van der Waals surface area contributed by atoms with Gasteiger partial charge in [-0.2, -0.15) is 0 Å². The number of nitrogens with one attached hydrogen (secondary N) is 1. The number of aromatic nitrogens is 1. The van der Waals surface area contributed by atoms with Crippen molar-refractivity contribution in [1.29, 1.82) is 0 Å². The number of hydrogen-bond acceptors (Lipinski definition) is 5. The zero-order valence-electron chi connectivity index (χ0n) is 14.3. The van der Waals surface area contributed by atoms with Gasteiger partial charge in [0.05, 0.1) is 18.8 Å². The Morgan fingerprint density at radius 2 is 2.16 bits per heavy atom. The number of ether oxygens (including phenoxy) is 1. The molecule has 0 spiro atoms. The van der Waals surface area contributed by atoms with E-state index in [0.717, 1.165) is 0 Å². The summed E-state index contributed by atoms with van der Waals surface area (Å²) >= 11 is 0. The van der Waals surface area contributed by atoms with Gasteiger partial charge in [-0.1, -0.05) is 0 Å². The Labute approximate surface area is 146 Å². The van der Waals surface area contributed by atoms with Gasteiger partial charge < -0.3 is 20.0 Å². The Hall–Kier alpha value is -2.21. The second-order valence-corrected chi connectivity index (χ2v) is 6.64. The average molecular weight is 345 g/mol. The molecule has 134 valence electrons. The van der Waals surface area contributed by atoms with E-state index in [1.807, 2.05) is 0 Å². The number of methoxy groups -OCH3 is 1. The van der Waals surface area contributed by atoms with Crippen LogP contribution in [0.5, 0.6) is 5.75 Å². The highest BCUT2D eigenvalue weighted by atomic mass is 19.1. The molecule has 0 radical (unpaired) electrons. The number of piperidine rings is 1. The average Bonchev–Trinajstić information content (AvgIpc) is 2.63. The fourth-order valence-electron chi connectivity index (χ4n) is 3.65. The number of halogens is 1. The maximum absolute atomic E-state index is 14.3. The van der Waals surface area contributed by atoms with Crippen molar-refractivity contribution in [2.24, 2.45) is 5.41 Å². The van der Waals surface area contributed by atoms with Crippen LogP contribution in [0.4, 0.5) is 4.39 Å². The third-order valence-corrected chi connectivity index (χ3v) is 5.21. The topological polar surface area (TPSA) is 74.3 Å². The van der Waals surface area contributed by atoms with Crippen molar-refractivity contribution >= 4 is 16.9 Å². The van der Waals surface area contributed by atoms with Gasteiger partial charge in [0.2, 0.25) is 0 Å². The van der Waals surface area contributed by atoms with Crippen LogP contribution in [0, 0.1) is 11.2 Å². The van der Waals surface area contributed by atoms with Crippen molar-refractivity contribution in [3.8, 4) is 5.75 Å². The van der Waals surface area contributed by atoms with Crippen molar-refractivity contribution < 1.29 is 19.0 Å². The lowest BCUT2D eigenvalue weighted by Gasteiger charge is -2.38. The predicted molar refractivity (Wildman–Crippen MR) is 90.7 cm³/mol. The number of carbonyl (C=O) groups is 1. The first-order chi connectivity index (χ1) is 12.1. The molecule has 2 aromatic rings. The number of aliphatic carboxylic acids is 1. The van der Waals surface area contributed by atoms with Crippen LogP contribution in [0.25, 0.3) is 10.9 Å². The van der Waals surface area contributed by atoms with E-state index >= 15 is 0 Å². The molecule has 0 amide bonds. The molecule has 0 saturated carbocycles. The minimum Gasteiger partial charge on any atom is -0.550 e. The molecule has 1 aromatic heterocycles. The van der Waals surface area contributed by atoms with Crippen LogP contribution in [0.3, 0.4) is 0 Å². The third kappa shape index (κ3) is 3.58. The molecule has 1 N–H and O–H groups in total. The smallest absolute Gasteiger partial charge is 0.145 e. The largest absolute Gasteiger partial charge is 0.550 e. The van der Waals surface area contributed by atoms with Gasteiger partial charge in [-0.3, -0.25) is 4.98 Å². The van der Waals surface area contributed by atoms with Gasteiger partial charge in [-0.15, -0.1) is 0 Å². The number of aryl methyl sites for hydroxylation is 1. The van der Waals surface area contributed by atoms with E-state index in [1.165, 1.54) is 6.20 Å². The van der Waals surface area contributed by atoms with Gasteiger partial charge in [0.1, 0.15) is 11.6 Å². The first kappa shape index (κ1) is 17.6.